The zero-order chi connectivity index (χ0) is 25.9. The molecule has 5 aromatic carbocycles. The number of aliphatic imine (C=N–C) groups is 1. The Morgan fingerprint density at radius 1 is 0.538 bits per heavy atom. The summed E-state index contributed by atoms with van der Waals surface area (Å²) in [4.78, 5) is 8.07. The Morgan fingerprint density at radius 3 is 1.49 bits per heavy atom. The first kappa shape index (κ1) is 22.5. The predicted molar refractivity (Wildman–Crippen MR) is 157 cm³/mol. The minimum atomic E-state index is -0.0249. The quantitative estimate of drug-likeness (QED) is 0.181. The molecule has 0 aromatic heterocycles. The lowest BCUT2D eigenvalue weighted by molar-refractivity contribution is 0.310. The summed E-state index contributed by atoms with van der Waals surface area (Å²) in [6, 6.07) is 44.6. The maximum Gasteiger partial charge on any atom is 0.118 e. The van der Waals surface area contributed by atoms with Crippen molar-refractivity contribution in [2.24, 2.45) is 4.99 Å². The van der Waals surface area contributed by atoms with Gasteiger partial charge < -0.3 is 4.74 Å². The Bertz CT molecular complexity index is 1690. The summed E-state index contributed by atoms with van der Waals surface area (Å²) in [5, 5.41) is 0. The molecular formula is C36H28N2O. The van der Waals surface area contributed by atoms with Gasteiger partial charge in [-0.3, -0.25) is 9.89 Å². The standard InChI is InChI=1S/C36H28N2O/c1-39-24-20-18-23(19-21-24)22-37-33-29-14-6-2-10-25(29)26-11-3-7-15-30(26)34(33)38-35-31-16-8-4-12-27(31)28-13-5-9-17-32(28)36(35)38/h2-22,33-36H,1H3/t33-,34-,35-,36+,38?/m0/s1. The highest BCUT2D eigenvalue weighted by Gasteiger charge is 2.59. The van der Waals surface area contributed by atoms with Crippen LogP contribution in [0.3, 0.4) is 0 Å². The van der Waals surface area contributed by atoms with E-state index in [1.807, 2.05) is 18.3 Å². The van der Waals surface area contributed by atoms with Gasteiger partial charge in [0, 0.05) is 6.21 Å². The molecule has 188 valence electrons. The molecule has 1 saturated heterocycles. The molecule has 0 amide bonds. The lowest BCUT2D eigenvalue weighted by atomic mass is 9.79. The summed E-state index contributed by atoms with van der Waals surface area (Å²) in [5.41, 5.74) is 11.9. The van der Waals surface area contributed by atoms with Gasteiger partial charge in [-0.15, -0.1) is 0 Å². The molecule has 1 aliphatic heterocycles. The van der Waals surface area contributed by atoms with Crippen LogP contribution in [0.4, 0.5) is 0 Å². The van der Waals surface area contributed by atoms with E-state index < -0.39 is 0 Å². The fourth-order valence-corrected chi connectivity index (χ4v) is 6.94. The van der Waals surface area contributed by atoms with Crippen LogP contribution in [0, 0.1) is 0 Å². The van der Waals surface area contributed by atoms with Crippen molar-refractivity contribution in [1.29, 1.82) is 0 Å². The van der Waals surface area contributed by atoms with Crippen LogP contribution in [-0.4, -0.2) is 18.2 Å². The van der Waals surface area contributed by atoms with Crippen LogP contribution < -0.4 is 4.74 Å². The molecule has 1 heterocycles. The average Bonchev–Trinajstić information content (AvgIpc) is 3.76. The Labute approximate surface area is 229 Å². The van der Waals surface area contributed by atoms with Gasteiger partial charge in [-0.1, -0.05) is 97.1 Å². The van der Waals surface area contributed by atoms with Crippen LogP contribution in [0.25, 0.3) is 22.3 Å². The second kappa shape index (κ2) is 8.79. The normalized spacial score (nSPS) is 23.7. The first-order valence-electron chi connectivity index (χ1n) is 13.6. The number of rotatable bonds is 4. The third kappa shape index (κ3) is 3.43. The highest BCUT2D eigenvalue weighted by atomic mass is 16.5. The molecule has 8 rings (SSSR count). The van der Waals surface area contributed by atoms with Crippen LogP contribution in [0.1, 0.15) is 52.0 Å². The van der Waals surface area contributed by atoms with Gasteiger partial charge in [0.2, 0.25) is 0 Å². The van der Waals surface area contributed by atoms with Crippen molar-refractivity contribution in [3.8, 4) is 28.0 Å². The third-order valence-corrected chi connectivity index (χ3v) is 8.67. The average molecular weight is 505 g/mol. The number of hydrogen-bond donors (Lipinski definition) is 0. The Balaban J connectivity index is 1.29. The lowest BCUT2D eigenvalue weighted by Crippen LogP contribution is -2.23. The molecule has 3 heteroatoms. The van der Waals surface area contributed by atoms with Crippen molar-refractivity contribution in [2.45, 2.75) is 24.2 Å². The van der Waals surface area contributed by atoms with Crippen molar-refractivity contribution >= 4 is 6.21 Å². The second-order valence-electron chi connectivity index (χ2n) is 10.6. The van der Waals surface area contributed by atoms with E-state index in [1.165, 1.54) is 44.5 Å². The minimum Gasteiger partial charge on any atom is -0.497 e. The van der Waals surface area contributed by atoms with Gasteiger partial charge in [0.25, 0.3) is 0 Å². The van der Waals surface area contributed by atoms with E-state index in [1.54, 1.807) is 7.11 Å². The minimum absolute atomic E-state index is 0.0249. The van der Waals surface area contributed by atoms with Crippen molar-refractivity contribution in [3.63, 3.8) is 0 Å². The van der Waals surface area contributed by atoms with Gasteiger partial charge in [-0.2, -0.15) is 0 Å². The Hall–Kier alpha value is -4.47. The first-order chi connectivity index (χ1) is 19.3. The van der Waals surface area contributed by atoms with Gasteiger partial charge in [0.05, 0.1) is 31.3 Å². The van der Waals surface area contributed by atoms with Crippen molar-refractivity contribution < 1.29 is 4.74 Å². The van der Waals surface area contributed by atoms with E-state index in [-0.39, 0.29) is 12.1 Å². The molecule has 0 bridgehead atoms. The smallest absolute Gasteiger partial charge is 0.118 e. The van der Waals surface area contributed by atoms with Crippen LogP contribution >= 0.6 is 0 Å². The fourth-order valence-electron chi connectivity index (χ4n) is 6.94. The molecule has 1 fully saturated rings. The number of benzene rings is 5. The maximum atomic E-state index is 5.37. The van der Waals surface area contributed by atoms with Gasteiger partial charge in [-0.25, -0.2) is 0 Å². The summed E-state index contributed by atoms with van der Waals surface area (Å²) in [6.07, 6.45) is 2.04. The highest BCUT2D eigenvalue weighted by molar-refractivity contribution is 5.82. The highest BCUT2D eigenvalue weighted by Crippen LogP contribution is 2.68. The summed E-state index contributed by atoms with van der Waals surface area (Å²) >= 11 is 0. The zero-order valence-electron chi connectivity index (χ0n) is 21.7. The molecule has 0 spiro atoms. The van der Waals surface area contributed by atoms with Crippen molar-refractivity contribution in [2.75, 3.05) is 7.11 Å². The molecule has 5 aromatic rings. The summed E-state index contributed by atoms with van der Waals surface area (Å²) in [6.45, 7) is 0. The molecule has 0 saturated carbocycles. The van der Waals surface area contributed by atoms with Crippen LogP contribution in [0.5, 0.6) is 5.75 Å². The number of methoxy groups -OCH3 is 1. The molecule has 3 aliphatic rings. The van der Waals surface area contributed by atoms with Crippen LogP contribution in [0.2, 0.25) is 0 Å². The van der Waals surface area contributed by atoms with Crippen LogP contribution in [0.15, 0.2) is 126 Å². The molecule has 39 heavy (non-hydrogen) atoms. The lowest BCUT2D eigenvalue weighted by Gasteiger charge is -2.35. The Morgan fingerprint density at radius 2 is 0.974 bits per heavy atom. The molecule has 0 N–H and O–H groups in total. The second-order valence-corrected chi connectivity index (χ2v) is 10.6. The molecular weight excluding hydrogens is 476 g/mol. The number of nitrogens with zero attached hydrogens (tertiary/aromatic N) is 2. The van der Waals surface area contributed by atoms with Crippen molar-refractivity contribution in [1.82, 2.24) is 4.90 Å². The Kier molecular flexibility index (Phi) is 5.07. The van der Waals surface area contributed by atoms with E-state index >= 15 is 0 Å². The van der Waals surface area contributed by atoms with Crippen molar-refractivity contribution in [3.05, 3.63) is 149 Å². The third-order valence-electron chi connectivity index (χ3n) is 8.67. The van der Waals surface area contributed by atoms with E-state index in [9.17, 15) is 0 Å². The molecule has 5 atom stereocenters. The van der Waals surface area contributed by atoms with Crippen LogP contribution in [-0.2, 0) is 0 Å². The zero-order valence-corrected chi connectivity index (χ0v) is 21.7. The van der Waals surface area contributed by atoms with Gasteiger partial charge in [-0.05, 0) is 74.3 Å². The molecule has 1 unspecified atom stereocenters. The number of ether oxygens (including phenoxy) is 1. The number of fused-ring (bicyclic) bond motifs is 9. The topological polar surface area (TPSA) is 24.6 Å². The van der Waals surface area contributed by atoms with E-state index in [4.69, 9.17) is 9.73 Å². The van der Waals surface area contributed by atoms with Gasteiger partial charge in [0.1, 0.15) is 5.75 Å². The van der Waals surface area contributed by atoms with E-state index in [0.29, 0.717) is 12.1 Å². The summed E-state index contributed by atoms with van der Waals surface area (Å²) < 4.78 is 5.37. The molecule has 3 nitrogen and oxygen atoms in total. The summed E-state index contributed by atoms with van der Waals surface area (Å²) in [5.74, 6) is 0.854. The monoisotopic (exact) mass is 504 g/mol. The summed E-state index contributed by atoms with van der Waals surface area (Å²) in [7, 11) is 1.70. The van der Waals surface area contributed by atoms with Gasteiger partial charge in [0.15, 0.2) is 0 Å². The van der Waals surface area contributed by atoms with Gasteiger partial charge >= 0.3 is 0 Å². The molecule has 2 aliphatic carbocycles. The molecule has 0 radical (unpaired) electrons. The first-order valence-corrected chi connectivity index (χ1v) is 13.6. The fraction of sp³-hybridized carbons (Fsp3) is 0.139. The maximum absolute atomic E-state index is 5.37. The largest absolute Gasteiger partial charge is 0.497 e. The predicted octanol–water partition coefficient (Wildman–Crippen LogP) is 8.36. The van der Waals surface area contributed by atoms with E-state index in [0.717, 1.165) is 11.3 Å². The van der Waals surface area contributed by atoms with E-state index in [2.05, 4.69) is 114 Å². The SMILES string of the molecule is COc1ccc(C=N[C@H]2c3ccccc3-c3ccccc3[C@@H]2N2[C@@H]3c4ccccc4-c4ccccc4[C@@H]32)cc1. The number of hydrogen-bond acceptors (Lipinski definition) is 3.